The van der Waals surface area contributed by atoms with E-state index >= 15 is 0 Å². The summed E-state index contributed by atoms with van der Waals surface area (Å²) >= 11 is 0. The highest BCUT2D eigenvalue weighted by Crippen LogP contribution is 1.97. The molecule has 0 fully saturated rings. The molecule has 0 rings (SSSR count). The summed E-state index contributed by atoms with van der Waals surface area (Å²) in [5, 5.41) is 22.0. The molecule has 0 radical (unpaired) electrons. The molecule has 0 bridgehead atoms. The molecule has 0 heterocycles. The van der Waals surface area contributed by atoms with Gasteiger partial charge in [-0.25, -0.2) is 9.59 Å². The van der Waals surface area contributed by atoms with Crippen molar-refractivity contribution in [2.24, 2.45) is 0 Å². The summed E-state index contributed by atoms with van der Waals surface area (Å²) in [5.41, 5.74) is 0. The second-order valence-corrected chi connectivity index (χ2v) is 3.77. The number of ether oxygens (including phenoxy) is 1. The van der Waals surface area contributed by atoms with Crippen molar-refractivity contribution in [3.05, 3.63) is 0 Å². The maximum atomic E-state index is 11.4. The Labute approximate surface area is 111 Å². The van der Waals surface area contributed by atoms with Crippen molar-refractivity contribution < 1.29 is 29.3 Å². The lowest BCUT2D eigenvalue weighted by Crippen LogP contribution is -2.46. The normalized spacial score (nSPS) is 11.6. The van der Waals surface area contributed by atoms with Crippen LogP contribution < -0.4 is 10.6 Å². The van der Waals surface area contributed by atoms with E-state index in [1.54, 1.807) is 0 Å². The van der Waals surface area contributed by atoms with Gasteiger partial charge in [0.1, 0.15) is 6.04 Å². The van der Waals surface area contributed by atoms with Crippen LogP contribution in [0.3, 0.4) is 0 Å². The third-order valence-corrected chi connectivity index (χ3v) is 2.21. The second kappa shape index (κ2) is 10.1. The quantitative estimate of drug-likeness (QED) is 0.417. The van der Waals surface area contributed by atoms with E-state index in [0.29, 0.717) is 26.2 Å². The summed E-state index contributed by atoms with van der Waals surface area (Å²) in [7, 11) is 0. The van der Waals surface area contributed by atoms with Gasteiger partial charge < -0.3 is 25.6 Å². The smallest absolute Gasteiger partial charge is 0.326 e. The van der Waals surface area contributed by atoms with Crippen LogP contribution in [-0.4, -0.2) is 54.0 Å². The summed E-state index contributed by atoms with van der Waals surface area (Å²) in [5.74, 6) is -2.36. The van der Waals surface area contributed by atoms with Gasteiger partial charge in [-0.2, -0.15) is 0 Å². The number of carbonyl (C=O) groups excluding carboxylic acids is 1. The topological polar surface area (TPSA) is 125 Å². The number of hydrogen-bond acceptors (Lipinski definition) is 4. The van der Waals surface area contributed by atoms with Gasteiger partial charge in [0.25, 0.3) is 0 Å². The molecule has 8 heteroatoms. The van der Waals surface area contributed by atoms with E-state index in [4.69, 9.17) is 14.9 Å². The first kappa shape index (κ1) is 17.2. The van der Waals surface area contributed by atoms with Crippen LogP contribution in [0.15, 0.2) is 0 Å². The van der Waals surface area contributed by atoms with E-state index in [0.717, 1.165) is 0 Å². The van der Waals surface area contributed by atoms with E-state index < -0.39 is 24.0 Å². The fourth-order valence-corrected chi connectivity index (χ4v) is 1.25. The van der Waals surface area contributed by atoms with Crippen LogP contribution in [0.2, 0.25) is 0 Å². The Morgan fingerprint density at radius 1 is 1.26 bits per heavy atom. The van der Waals surface area contributed by atoms with Gasteiger partial charge in [0.2, 0.25) is 0 Å². The average Bonchev–Trinajstić information content (AvgIpc) is 2.33. The molecule has 0 aromatic carbocycles. The third-order valence-electron chi connectivity index (χ3n) is 2.21. The van der Waals surface area contributed by atoms with E-state index in [1.807, 2.05) is 6.92 Å². The van der Waals surface area contributed by atoms with Gasteiger partial charge in [-0.3, -0.25) is 4.79 Å². The van der Waals surface area contributed by atoms with E-state index in [9.17, 15) is 14.4 Å². The SMILES string of the molecule is CCOCCCNC(=O)N[C@@H](CCC(=O)O)C(=O)O. The largest absolute Gasteiger partial charge is 0.481 e. The molecule has 0 aliphatic heterocycles. The van der Waals surface area contributed by atoms with E-state index in [-0.39, 0.29) is 12.8 Å². The van der Waals surface area contributed by atoms with Crippen LogP contribution in [-0.2, 0) is 14.3 Å². The minimum atomic E-state index is -1.26. The van der Waals surface area contributed by atoms with Gasteiger partial charge in [0.05, 0.1) is 0 Å². The Balaban J connectivity index is 3.90. The number of carbonyl (C=O) groups is 3. The Morgan fingerprint density at radius 2 is 1.95 bits per heavy atom. The van der Waals surface area contributed by atoms with Crippen LogP contribution in [0.5, 0.6) is 0 Å². The molecular weight excluding hydrogens is 256 g/mol. The van der Waals surface area contributed by atoms with Crippen molar-refractivity contribution in [3.8, 4) is 0 Å². The molecule has 2 amide bonds. The predicted octanol–water partition coefficient (Wildman–Crippen LogP) is 0.0302. The zero-order chi connectivity index (χ0) is 14.7. The van der Waals surface area contributed by atoms with E-state index in [1.165, 1.54) is 0 Å². The number of urea groups is 1. The lowest BCUT2D eigenvalue weighted by atomic mass is 10.1. The fourth-order valence-electron chi connectivity index (χ4n) is 1.25. The Kier molecular flexibility index (Phi) is 9.15. The lowest BCUT2D eigenvalue weighted by Gasteiger charge is -2.14. The first-order valence-electron chi connectivity index (χ1n) is 6.04. The van der Waals surface area contributed by atoms with Crippen LogP contribution in [0.25, 0.3) is 0 Å². The monoisotopic (exact) mass is 276 g/mol. The zero-order valence-electron chi connectivity index (χ0n) is 10.8. The predicted molar refractivity (Wildman–Crippen MR) is 65.9 cm³/mol. The maximum Gasteiger partial charge on any atom is 0.326 e. The summed E-state index contributed by atoms with van der Waals surface area (Å²) in [4.78, 5) is 32.5. The second-order valence-electron chi connectivity index (χ2n) is 3.77. The van der Waals surface area contributed by atoms with Crippen LogP contribution in [0.1, 0.15) is 26.2 Å². The van der Waals surface area contributed by atoms with Crippen molar-refractivity contribution in [1.29, 1.82) is 0 Å². The Morgan fingerprint density at radius 3 is 2.47 bits per heavy atom. The Hall–Kier alpha value is -1.83. The molecule has 0 saturated heterocycles. The van der Waals surface area contributed by atoms with Gasteiger partial charge in [0, 0.05) is 26.2 Å². The van der Waals surface area contributed by atoms with Gasteiger partial charge in [-0.15, -0.1) is 0 Å². The van der Waals surface area contributed by atoms with Gasteiger partial charge >= 0.3 is 18.0 Å². The van der Waals surface area contributed by atoms with Gasteiger partial charge in [-0.1, -0.05) is 0 Å². The molecular formula is C11H20N2O6. The molecule has 0 aliphatic carbocycles. The average molecular weight is 276 g/mol. The first-order chi connectivity index (χ1) is 8.97. The molecule has 0 aromatic rings. The lowest BCUT2D eigenvalue weighted by molar-refractivity contribution is -0.140. The highest BCUT2D eigenvalue weighted by molar-refractivity contribution is 5.82. The van der Waals surface area contributed by atoms with Crippen molar-refractivity contribution in [2.45, 2.75) is 32.2 Å². The number of amides is 2. The van der Waals surface area contributed by atoms with E-state index in [2.05, 4.69) is 10.6 Å². The molecule has 0 unspecified atom stereocenters. The molecule has 4 N–H and O–H groups in total. The number of hydrogen-bond donors (Lipinski definition) is 4. The van der Waals surface area contributed by atoms with Crippen LogP contribution in [0.4, 0.5) is 4.79 Å². The Bertz CT molecular complexity index is 308. The molecule has 8 nitrogen and oxygen atoms in total. The number of nitrogens with one attached hydrogen (secondary N) is 2. The summed E-state index contributed by atoms with van der Waals surface area (Å²) in [6.07, 6.45) is 0.146. The molecule has 110 valence electrons. The summed E-state index contributed by atoms with van der Waals surface area (Å²) in [6.45, 7) is 3.33. The molecule has 1 atom stereocenters. The molecule has 0 aliphatic rings. The number of aliphatic carboxylic acids is 2. The standard InChI is InChI=1S/C11H20N2O6/c1-2-19-7-3-6-12-11(18)13-8(10(16)17)4-5-9(14)15/h8H,2-7H2,1H3,(H,14,15)(H,16,17)(H2,12,13,18)/t8-/m0/s1. The zero-order valence-corrected chi connectivity index (χ0v) is 10.8. The highest BCUT2D eigenvalue weighted by atomic mass is 16.5. The molecule has 0 saturated carbocycles. The van der Waals surface area contributed by atoms with Gasteiger partial charge in [-0.05, 0) is 19.8 Å². The minimum Gasteiger partial charge on any atom is -0.481 e. The first-order valence-corrected chi connectivity index (χ1v) is 6.04. The fraction of sp³-hybridized carbons (Fsp3) is 0.727. The molecule has 19 heavy (non-hydrogen) atoms. The third kappa shape index (κ3) is 9.83. The van der Waals surface area contributed by atoms with Crippen LogP contribution >= 0.6 is 0 Å². The summed E-state index contributed by atoms with van der Waals surface area (Å²) in [6, 6.07) is -1.84. The molecule has 0 spiro atoms. The van der Waals surface area contributed by atoms with Crippen molar-refractivity contribution in [2.75, 3.05) is 19.8 Å². The summed E-state index contributed by atoms with van der Waals surface area (Å²) < 4.78 is 5.07. The molecule has 0 aromatic heterocycles. The van der Waals surface area contributed by atoms with Gasteiger partial charge in [0.15, 0.2) is 0 Å². The number of carboxylic acid groups (broad SMARTS) is 2. The van der Waals surface area contributed by atoms with Crippen molar-refractivity contribution in [1.82, 2.24) is 10.6 Å². The number of carboxylic acids is 2. The number of rotatable bonds is 10. The van der Waals surface area contributed by atoms with Crippen molar-refractivity contribution >= 4 is 18.0 Å². The van der Waals surface area contributed by atoms with Crippen molar-refractivity contribution in [3.63, 3.8) is 0 Å². The highest BCUT2D eigenvalue weighted by Gasteiger charge is 2.20. The minimum absolute atomic E-state index is 0.156. The maximum absolute atomic E-state index is 11.4. The van der Waals surface area contributed by atoms with Crippen LogP contribution in [0, 0.1) is 0 Å².